The van der Waals surface area contributed by atoms with Crippen LogP contribution in [0.3, 0.4) is 0 Å². The van der Waals surface area contributed by atoms with Crippen molar-refractivity contribution in [3.8, 4) is 0 Å². The number of rotatable bonds is 3. The van der Waals surface area contributed by atoms with Crippen LogP contribution in [-0.4, -0.2) is 29.1 Å². The highest BCUT2D eigenvalue weighted by Gasteiger charge is 2.15. The number of aromatic nitrogens is 6. The lowest BCUT2D eigenvalue weighted by Crippen LogP contribution is -2.17. The van der Waals surface area contributed by atoms with Crippen LogP contribution in [-0.2, 0) is 0 Å². The van der Waals surface area contributed by atoms with E-state index >= 15 is 0 Å². The second-order valence-electron chi connectivity index (χ2n) is 4.57. The standard InChI is InChI=1S/C14H12N6/c1-2-12-13(18-8-17-12)7-11(1)14(19-5-3-15-9-19)20-6-4-16-10-20/h1-10,14H,(H,17,18). The molecule has 0 aliphatic rings. The fourth-order valence-corrected chi connectivity index (χ4v) is 2.44. The van der Waals surface area contributed by atoms with Crippen molar-refractivity contribution in [2.24, 2.45) is 0 Å². The van der Waals surface area contributed by atoms with Gasteiger partial charge in [-0.3, -0.25) is 0 Å². The third kappa shape index (κ3) is 1.70. The van der Waals surface area contributed by atoms with Crippen molar-refractivity contribution in [1.82, 2.24) is 29.1 Å². The predicted molar refractivity (Wildman–Crippen MR) is 74.1 cm³/mol. The highest BCUT2D eigenvalue weighted by atomic mass is 15.2. The molecule has 0 atom stereocenters. The van der Waals surface area contributed by atoms with Crippen molar-refractivity contribution in [3.05, 3.63) is 67.5 Å². The van der Waals surface area contributed by atoms with Crippen molar-refractivity contribution in [1.29, 1.82) is 0 Å². The number of fused-ring (bicyclic) bond motifs is 1. The molecular formula is C14H12N6. The Bertz CT molecular complexity index is 778. The summed E-state index contributed by atoms with van der Waals surface area (Å²) in [5, 5.41) is 0. The van der Waals surface area contributed by atoms with E-state index in [0.717, 1.165) is 16.6 Å². The zero-order chi connectivity index (χ0) is 13.4. The van der Waals surface area contributed by atoms with Gasteiger partial charge in [-0.05, 0) is 17.7 Å². The van der Waals surface area contributed by atoms with Crippen LogP contribution in [0.4, 0.5) is 0 Å². The third-order valence-electron chi connectivity index (χ3n) is 3.36. The van der Waals surface area contributed by atoms with Crippen LogP contribution in [0, 0.1) is 0 Å². The molecule has 6 nitrogen and oxygen atoms in total. The van der Waals surface area contributed by atoms with E-state index in [9.17, 15) is 0 Å². The van der Waals surface area contributed by atoms with Crippen LogP contribution < -0.4 is 0 Å². The molecule has 0 aliphatic heterocycles. The van der Waals surface area contributed by atoms with Crippen LogP contribution in [0.15, 0.2) is 62.0 Å². The van der Waals surface area contributed by atoms with Crippen molar-refractivity contribution < 1.29 is 0 Å². The van der Waals surface area contributed by atoms with Crippen LogP contribution in [0.1, 0.15) is 11.7 Å². The van der Waals surface area contributed by atoms with Gasteiger partial charge >= 0.3 is 0 Å². The Kier molecular flexibility index (Phi) is 2.38. The molecule has 1 N–H and O–H groups in total. The van der Waals surface area contributed by atoms with E-state index in [1.807, 2.05) is 40.2 Å². The molecule has 0 unspecified atom stereocenters. The molecular weight excluding hydrogens is 252 g/mol. The molecule has 98 valence electrons. The smallest absolute Gasteiger partial charge is 0.137 e. The molecule has 6 heteroatoms. The van der Waals surface area contributed by atoms with Crippen molar-refractivity contribution >= 4 is 11.0 Å². The minimum Gasteiger partial charge on any atom is -0.345 e. The summed E-state index contributed by atoms with van der Waals surface area (Å²) in [6, 6.07) is 6.20. The third-order valence-corrected chi connectivity index (χ3v) is 3.36. The van der Waals surface area contributed by atoms with Gasteiger partial charge in [0, 0.05) is 24.8 Å². The molecule has 4 aromatic rings. The van der Waals surface area contributed by atoms with E-state index in [4.69, 9.17) is 0 Å². The van der Waals surface area contributed by atoms with Gasteiger partial charge in [0.15, 0.2) is 0 Å². The number of imidazole rings is 3. The number of H-pyrrole nitrogens is 1. The first kappa shape index (κ1) is 11.0. The van der Waals surface area contributed by atoms with Gasteiger partial charge in [0.05, 0.1) is 30.0 Å². The molecule has 20 heavy (non-hydrogen) atoms. The minimum absolute atomic E-state index is 0.00676. The summed E-state index contributed by atoms with van der Waals surface area (Å²) >= 11 is 0. The van der Waals surface area contributed by atoms with Crippen LogP contribution in [0.5, 0.6) is 0 Å². The predicted octanol–water partition coefficient (Wildman–Crippen LogP) is 2.05. The average Bonchev–Trinajstić information content (AvgIpc) is 3.22. The van der Waals surface area contributed by atoms with Crippen LogP contribution in [0.2, 0.25) is 0 Å². The Morgan fingerprint density at radius 2 is 1.75 bits per heavy atom. The van der Waals surface area contributed by atoms with Crippen LogP contribution >= 0.6 is 0 Å². The van der Waals surface area contributed by atoms with Gasteiger partial charge < -0.3 is 14.1 Å². The quantitative estimate of drug-likeness (QED) is 0.616. The van der Waals surface area contributed by atoms with Gasteiger partial charge in [-0.2, -0.15) is 0 Å². The lowest BCUT2D eigenvalue weighted by molar-refractivity contribution is 0.502. The Labute approximate surface area is 114 Å². The van der Waals surface area contributed by atoms with Gasteiger partial charge in [0.1, 0.15) is 6.17 Å². The maximum absolute atomic E-state index is 4.25. The fraction of sp³-hybridized carbons (Fsp3) is 0.0714. The molecule has 0 saturated heterocycles. The number of hydrogen-bond acceptors (Lipinski definition) is 3. The van der Waals surface area contributed by atoms with Gasteiger partial charge in [-0.15, -0.1) is 0 Å². The maximum Gasteiger partial charge on any atom is 0.137 e. The lowest BCUT2D eigenvalue weighted by atomic mass is 10.1. The van der Waals surface area contributed by atoms with E-state index in [2.05, 4.69) is 32.1 Å². The van der Waals surface area contributed by atoms with Crippen molar-refractivity contribution in [2.75, 3.05) is 0 Å². The molecule has 0 fully saturated rings. The molecule has 3 heterocycles. The molecule has 0 amide bonds. The Morgan fingerprint density at radius 3 is 2.40 bits per heavy atom. The Balaban J connectivity index is 1.89. The minimum atomic E-state index is -0.00676. The first-order valence-electron chi connectivity index (χ1n) is 6.30. The highest BCUT2D eigenvalue weighted by molar-refractivity contribution is 5.75. The summed E-state index contributed by atoms with van der Waals surface area (Å²) in [7, 11) is 0. The van der Waals surface area contributed by atoms with Crippen molar-refractivity contribution in [3.63, 3.8) is 0 Å². The molecule has 0 bridgehead atoms. The topological polar surface area (TPSA) is 64.3 Å². The van der Waals surface area contributed by atoms with E-state index in [-0.39, 0.29) is 6.17 Å². The monoisotopic (exact) mass is 264 g/mol. The summed E-state index contributed by atoms with van der Waals surface area (Å²) in [5.74, 6) is 0. The second kappa shape index (κ2) is 4.34. The fourth-order valence-electron chi connectivity index (χ4n) is 2.44. The SMILES string of the molecule is c1cn(C(c2ccc3nc[nH]c3c2)n2ccnc2)cn1. The summed E-state index contributed by atoms with van der Waals surface area (Å²) in [6.45, 7) is 0. The molecule has 4 rings (SSSR count). The van der Waals surface area contributed by atoms with E-state index in [1.54, 1.807) is 18.7 Å². The highest BCUT2D eigenvalue weighted by Crippen LogP contribution is 2.23. The van der Waals surface area contributed by atoms with Crippen LogP contribution in [0.25, 0.3) is 11.0 Å². The Morgan fingerprint density at radius 1 is 1.00 bits per heavy atom. The number of hydrogen-bond donors (Lipinski definition) is 1. The first-order chi connectivity index (χ1) is 9.92. The summed E-state index contributed by atoms with van der Waals surface area (Å²) in [6.07, 6.45) is 12.8. The normalized spacial score (nSPS) is 11.4. The lowest BCUT2D eigenvalue weighted by Gasteiger charge is -2.20. The summed E-state index contributed by atoms with van der Waals surface area (Å²) in [5.41, 5.74) is 3.12. The second-order valence-corrected chi connectivity index (χ2v) is 4.57. The van der Waals surface area contributed by atoms with E-state index in [1.165, 1.54) is 0 Å². The van der Waals surface area contributed by atoms with Gasteiger partial charge in [0.2, 0.25) is 0 Å². The summed E-state index contributed by atoms with van der Waals surface area (Å²) in [4.78, 5) is 15.7. The number of nitrogens with one attached hydrogen (secondary N) is 1. The number of benzene rings is 1. The molecule has 0 spiro atoms. The number of nitrogens with zero attached hydrogens (tertiary/aromatic N) is 5. The largest absolute Gasteiger partial charge is 0.345 e. The van der Waals surface area contributed by atoms with Crippen molar-refractivity contribution in [2.45, 2.75) is 6.17 Å². The maximum atomic E-state index is 4.25. The van der Waals surface area contributed by atoms with E-state index < -0.39 is 0 Å². The van der Waals surface area contributed by atoms with E-state index in [0.29, 0.717) is 0 Å². The molecule has 0 aliphatic carbocycles. The molecule has 1 aromatic carbocycles. The number of aromatic amines is 1. The zero-order valence-electron chi connectivity index (χ0n) is 10.6. The average molecular weight is 264 g/mol. The van der Waals surface area contributed by atoms with Gasteiger partial charge in [-0.25, -0.2) is 15.0 Å². The zero-order valence-corrected chi connectivity index (χ0v) is 10.6. The summed E-state index contributed by atoms with van der Waals surface area (Å²) < 4.78 is 4.08. The molecule has 0 radical (unpaired) electrons. The molecule has 0 saturated carbocycles. The van der Waals surface area contributed by atoms with Gasteiger partial charge in [-0.1, -0.05) is 6.07 Å². The van der Waals surface area contributed by atoms with Gasteiger partial charge in [0.25, 0.3) is 0 Å². The molecule has 3 aromatic heterocycles. The first-order valence-corrected chi connectivity index (χ1v) is 6.30. The Hall–Kier alpha value is -2.89.